The minimum absolute atomic E-state index is 0.0844. The first kappa shape index (κ1) is 16.3. The van der Waals surface area contributed by atoms with Crippen LogP contribution < -0.4 is 10.1 Å². The van der Waals surface area contributed by atoms with Gasteiger partial charge in [0.1, 0.15) is 5.75 Å². The number of hydrogen-bond acceptors (Lipinski definition) is 3. The minimum atomic E-state index is -1.01. The molecule has 0 saturated heterocycles. The fourth-order valence-electron chi connectivity index (χ4n) is 2.74. The van der Waals surface area contributed by atoms with Crippen molar-refractivity contribution in [3.05, 3.63) is 24.3 Å². The first-order chi connectivity index (χ1) is 10.6. The van der Waals surface area contributed by atoms with Crippen molar-refractivity contribution in [2.75, 3.05) is 11.9 Å². The summed E-state index contributed by atoms with van der Waals surface area (Å²) in [4.78, 5) is 22.7. The summed E-state index contributed by atoms with van der Waals surface area (Å²) in [5, 5.41) is 11.5. The Labute approximate surface area is 130 Å². The average Bonchev–Trinajstić information content (AvgIpc) is 2.46. The zero-order valence-corrected chi connectivity index (χ0v) is 12.7. The van der Waals surface area contributed by atoms with E-state index >= 15 is 0 Å². The van der Waals surface area contributed by atoms with Gasteiger partial charge in [-0.25, -0.2) is 4.79 Å². The van der Waals surface area contributed by atoms with Gasteiger partial charge in [-0.1, -0.05) is 32.1 Å². The number of carbonyl (C=O) groups is 2. The molecule has 1 aromatic carbocycles. The van der Waals surface area contributed by atoms with Crippen LogP contribution in [0, 0.1) is 5.92 Å². The third-order valence-electron chi connectivity index (χ3n) is 3.96. The second kappa shape index (κ2) is 8.41. The highest BCUT2D eigenvalue weighted by molar-refractivity contribution is 5.92. The first-order valence-corrected chi connectivity index (χ1v) is 7.90. The molecule has 0 spiro atoms. The molecule has 5 nitrogen and oxygen atoms in total. The number of carboxylic acids is 1. The molecule has 1 fully saturated rings. The number of nitrogens with one attached hydrogen (secondary N) is 1. The van der Waals surface area contributed by atoms with E-state index in [1.54, 1.807) is 24.3 Å². The van der Waals surface area contributed by atoms with E-state index in [-0.39, 0.29) is 18.4 Å². The molecule has 120 valence electrons. The molecule has 5 heteroatoms. The molecule has 0 bridgehead atoms. The minimum Gasteiger partial charge on any atom is -0.482 e. The summed E-state index contributed by atoms with van der Waals surface area (Å²) < 4.78 is 5.06. The van der Waals surface area contributed by atoms with Crippen molar-refractivity contribution >= 4 is 17.6 Å². The number of aliphatic carboxylic acids is 1. The summed E-state index contributed by atoms with van der Waals surface area (Å²) in [7, 11) is 0. The number of ether oxygens (including phenoxy) is 1. The average molecular weight is 305 g/mol. The molecule has 0 aliphatic heterocycles. The first-order valence-electron chi connectivity index (χ1n) is 7.90. The summed E-state index contributed by atoms with van der Waals surface area (Å²) in [6.07, 6.45) is 7.91. The van der Waals surface area contributed by atoms with Crippen LogP contribution in [-0.2, 0) is 9.59 Å². The van der Waals surface area contributed by atoms with Gasteiger partial charge in [0.05, 0.1) is 0 Å². The van der Waals surface area contributed by atoms with Crippen LogP contribution in [-0.4, -0.2) is 23.6 Å². The smallest absolute Gasteiger partial charge is 0.341 e. The summed E-state index contributed by atoms with van der Waals surface area (Å²) in [6.45, 7) is -0.367. The normalized spacial score (nSPS) is 16.4. The Hall–Kier alpha value is -2.04. The maximum Gasteiger partial charge on any atom is 0.341 e. The summed E-state index contributed by atoms with van der Waals surface area (Å²) in [5.74, 6) is -0.350. The molecule has 0 aromatic heterocycles. The predicted octanol–water partition coefficient (Wildman–Crippen LogP) is 3.45. The Morgan fingerprint density at radius 1 is 1.05 bits per heavy atom. The Balaban J connectivity index is 1.86. The van der Waals surface area contributed by atoms with Crippen molar-refractivity contribution in [3.63, 3.8) is 0 Å². The summed E-state index contributed by atoms with van der Waals surface area (Å²) in [6, 6.07) is 6.80. The lowest BCUT2D eigenvalue weighted by atomic mass is 9.90. The molecule has 1 aliphatic carbocycles. The van der Waals surface area contributed by atoms with Crippen LogP contribution in [0.1, 0.15) is 44.9 Å². The van der Waals surface area contributed by atoms with Gasteiger partial charge in [0, 0.05) is 11.6 Å². The molecular weight excluding hydrogens is 282 g/mol. The maximum atomic E-state index is 12.3. The lowest BCUT2D eigenvalue weighted by molar-refractivity contribution is -0.139. The van der Waals surface area contributed by atoms with Crippen LogP contribution in [0.2, 0.25) is 0 Å². The molecule has 1 aliphatic rings. The van der Waals surface area contributed by atoms with Gasteiger partial charge in [-0.05, 0) is 37.1 Å². The SMILES string of the molecule is O=C(O)COc1ccc(NC(=O)C2CCCCCCC2)cc1. The molecule has 22 heavy (non-hydrogen) atoms. The molecule has 0 unspecified atom stereocenters. The third-order valence-corrected chi connectivity index (χ3v) is 3.96. The van der Waals surface area contributed by atoms with Gasteiger partial charge >= 0.3 is 5.97 Å². The zero-order valence-electron chi connectivity index (χ0n) is 12.7. The molecule has 1 saturated carbocycles. The maximum absolute atomic E-state index is 12.3. The number of carbonyl (C=O) groups excluding carboxylic acids is 1. The van der Waals surface area contributed by atoms with E-state index in [0.29, 0.717) is 5.75 Å². The van der Waals surface area contributed by atoms with Gasteiger partial charge in [0.2, 0.25) is 5.91 Å². The fraction of sp³-hybridized carbons (Fsp3) is 0.529. The number of anilines is 1. The second-order valence-electron chi connectivity index (χ2n) is 5.74. The van der Waals surface area contributed by atoms with Crippen LogP contribution in [0.15, 0.2) is 24.3 Å². The van der Waals surface area contributed by atoms with Crippen molar-refractivity contribution in [3.8, 4) is 5.75 Å². The zero-order chi connectivity index (χ0) is 15.8. The van der Waals surface area contributed by atoms with E-state index in [2.05, 4.69) is 5.32 Å². The summed E-state index contributed by atoms with van der Waals surface area (Å²) >= 11 is 0. The van der Waals surface area contributed by atoms with E-state index in [0.717, 1.165) is 31.4 Å². The third kappa shape index (κ3) is 5.39. The van der Waals surface area contributed by atoms with E-state index in [4.69, 9.17) is 9.84 Å². The Morgan fingerprint density at radius 3 is 2.23 bits per heavy atom. The molecule has 0 heterocycles. The van der Waals surface area contributed by atoms with E-state index in [9.17, 15) is 9.59 Å². The number of rotatable bonds is 5. The van der Waals surface area contributed by atoms with E-state index < -0.39 is 5.97 Å². The van der Waals surface area contributed by atoms with Crippen molar-refractivity contribution < 1.29 is 19.4 Å². The topological polar surface area (TPSA) is 75.6 Å². The summed E-state index contributed by atoms with van der Waals surface area (Å²) in [5.41, 5.74) is 0.717. The number of hydrogen-bond donors (Lipinski definition) is 2. The van der Waals surface area contributed by atoms with Gasteiger partial charge in [-0.2, -0.15) is 0 Å². The van der Waals surface area contributed by atoms with Gasteiger partial charge in [0.15, 0.2) is 6.61 Å². The molecule has 0 atom stereocenters. The highest BCUT2D eigenvalue weighted by Crippen LogP contribution is 2.24. The molecule has 1 amide bonds. The van der Waals surface area contributed by atoms with E-state index in [1.807, 2.05) is 0 Å². The number of amides is 1. The molecule has 1 aromatic rings. The van der Waals surface area contributed by atoms with Gasteiger partial charge < -0.3 is 15.2 Å². The highest BCUT2D eigenvalue weighted by atomic mass is 16.5. The van der Waals surface area contributed by atoms with Gasteiger partial charge in [0.25, 0.3) is 0 Å². The second-order valence-corrected chi connectivity index (χ2v) is 5.74. The van der Waals surface area contributed by atoms with Crippen molar-refractivity contribution in [2.45, 2.75) is 44.9 Å². The lowest BCUT2D eigenvalue weighted by Crippen LogP contribution is -2.23. The molecule has 2 rings (SSSR count). The number of benzene rings is 1. The molecule has 0 radical (unpaired) electrons. The highest BCUT2D eigenvalue weighted by Gasteiger charge is 2.19. The molecule has 2 N–H and O–H groups in total. The fourth-order valence-corrected chi connectivity index (χ4v) is 2.74. The van der Waals surface area contributed by atoms with Crippen molar-refractivity contribution in [1.29, 1.82) is 0 Å². The van der Waals surface area contributed by atoms with Crippen LogP contribution >= 0.6 is 0 Å². The van der Waals surface area contributed by atoms with Crippen LogP contribution in [0.3, 0.4) is 0 Å². The van der Waals surface area contributed by atoms with Crippen LogP contribution in [0.25, 0.3) is 0 Å². The van der Waals surface area contributed by atoms with Crippen molar-refractivity contribution in [2.24, 2.45) is 5.92 Å². The lowest BCUT2D eigenvalue weighted by Gasteiger charge is -2.19. The Bertz CT molecular complexity index is 490. The van der Waals surface area contributed by atoms with E-state index in [1.165, 1.54) is 19.3 Å². The predicted molar refractivity (Wildman–Crippen MR) is 84.0 cm³/mol. The Morgan fingerprint density at radius 2 is 1.64 bits per heavy atom. The monoisotopic (exact) mass is 305 g/mol. The number of carboxylic acid groups (broad SMARTS) is 1. The quantitative estimate of drug-likeness (QED) is 0.873. The van der Waals surface area contributed by atoms with Gasteiger partial charge in [-0.15, -0.1) is 0 Å². The largest absolute Gasteiger partial charge is 0.482 e. The van der Waals surface area contributed by atoms with Gasteiger partial charge in [-0.3, -0.25) is 4.79 Å². The Kier molecular flexibility index (Phi) is 6.25. The van der Waals surface area contributed by atoms with Crippen LogP contribution in [0.5, 0.6) is 5.75 Å². The van der Waals surface area contributed by atoms with Crippen molar-refractivity contribution in [1.82, 2.24) is 0 Å². The standard InChI is InChI=1S/C17H23NO4/c19-16(20)12-22-15-10-8-14(9-11-15)18-17(21)13-6-4-2-1-3-5-7-13/h8-11,13H,1-7,12H2,(H,18,21)(H,19,20). The molecular formula is C17H23NO4. The van der Waals surface area contributed by atoms with Crippen LogP contribution in [0.4, 0.5) is 5.69 Å².